The molecule has 29 heavy (non-hydrogen) atoms. The molecule has 0 radical (unpaired) electrons. The van der Waals surface area contributed by atoms with Crippen molar-refractivity contribution in [1.82, 2.24) is 29.7 Å². The van der Waals surface area contributed by atoms with Crippen molar-refractivity contribution in [1.29, 1.82) is 0 Å². The highest BCUT2D eigenvalue weighted by molar-refractivity contribution is 5.82. The minimum absolute atomic E-state index is 0.146. The maximum Gasteiger partial charge on any atom is 0.241 e. The molecular weight excluding hydrogens is 368 g/mol. The van der Waals surface area contributed by atoms with E-state index in [9.17, 15) is 4.79 Å². The van der Waals surface area contributed by atoms with Gasteiger partial charge in [-0.2, -0.15) is 4.52 Å². The first kappa shape index (κ1) is 17.8. The summed E-state index contributed by atoms with van der Waals surface area (Å²) in [5, 5.41) is 12.9. The number of carbonyl (C=O) groups is 1. The van der Waals surface area contributed by atoms with Gasteiger partial charge < -0.3 is 14.7 Å². The van der Waals surface area contributed by atoms with Crippen LogP contribution in [0.4, 0.5) is 11.5 Å². The average molecular weight is 392 g/mol. The standard InChI is InChI=1S/C20H24N8O/c1-13-14(2)20(24-28-12-22-23-19(13)28)27-5-4-17-15(10-27)8-16(9-21-17)26-7-6-25(3)18(29)11-26/h8-9,12H,4-7,10-11H2,1-3H3. The summed E-state index contributed by atoms with van der Waals surface area (Å²) in [5.74, 6) is 1.11. The van der Waals surface area contributed by atoms with Crippen molar-refractivity contribution in [2.75, 3.05) is 43.0 Å². The zero-order valence-corrected chi connectivity index (χ0v) is 17.0. The molecule has 150 valence electrons. The van der Waals surface area contributed by atoms with Crippen molar-refractivity contribution in [2.45, 2.75) is 26.8 Å². The minimum Gasteiger partial charge on any atom is -0.359 e. The number of likely N-dealkylation sites (N-methyl/N-ethyl adjacent to an activating group) is 1. The third kappa shape index (κ3) is 2.97. The molecule has 0 spiro atoms. The topological polar surface area (TPSA) is 82.8 Å². The van der Waals surface area contributed by atoms with Gasteiger partial charge in [0.1, 0.15) is 6.33 Å². The first-order valence-corrected chi connectivity index (χ1v) is 9.90. The molecule has 0 aromatic carbocycles. The van der Waals surface area contributed by atoms with E-state index in [4.69, 9.17) is 10.1 Å². The number of aromatic nitrogens is 5. The second kappa shape index (κ2) is 6.68. The van der Waals surface area contributed by atoms with Crippen LogP contribution in [-0.4, -0.2) is 68.8 Å². The zero-order valence-electron chi connectivity index (χ0n) is 17.0. The normalized spacial score (nSPS) is 17.2. The Labute approximate surface area is 169 Å². The fraction of sp³-hybridized carbons (Fsp3) is 0.450. The molecule has 3 aromatic rings. The van der Waals surface area contributed by atoms with Crippen molar-refractivity contribution >= 4 is 23.1 Å². The lowest BCUT2D eigenvalue weighted by atomic mass is 10.0. The van der Waals surface area contributed by atoms with Gasteiger partial charge in [0.05, 0.1) is 18.4 Å². The van der Waals surface area contributed by atoms with Crippen LogP contribution in [0, 0.1) is 13.8 Å². The van der Waals surface area contributed by atoms with E-state index < -0.39 is 0 Å². The highest BCUT2D eigenvalue weighted by Gasteiger charge is 2.25. The Morgan fingerprint density at radius 2 is 1.90 bits per heavy atom. The summed E-state index contributed by atoms with van der Waals surface area (Å²) >= 11 is 0. The second-order valence-corrected chi connectivity index (χ2v) is 7.88. The van der Waals surface area contributed by atoms with Crippen LogP contribution in [0.3, 0.4) is 0 Å². The fourth-order valence-electron chi connectivity index (χ4n) is 4.11. The van der Waals surface area contributed by atoms with Crippen molar-refractivity contribution in [3.8, 4) is 0 Å². The molecule has 0 atom stereocenters. The van der Waals surface area contributed by atoms with E-state index in [0.29, 0.717) is 6.54 Å². The lowest BCUT2D eigenvalue weighted by Crippen LogP contribution is -2.48. The van der Waals surface area contributed by atoms with Crippen molar-refractivity contribution in [2.24, 2.45) is 0 Å². The lowest BCUT2D eigenvalue weighted by Gasteiger charge is -2.35. The van der Waals surface area contributed by atoms with E-state index in [1.807, 2.05) is 13.2 Å². The maximum absolute atomic E-state index is 12.1. The van der Waals surface area contributed by atoms with E-state index >= 15 is 0 Å². The third-order valence-electron chi connectivity index (χ3n) is 6.11. The van der Waals surface area contributed by atoms with E-state index in [2.05, 4.69) is 39.9 Å². The van der Waals surface area contributed by atoms with Gasteiger partial charge >= 0.3 is 0 Å². The van der Waals surface area contributed by atoms with Gasteiger partial charge in [0.2, 0.25) is 5.91 Å². The van der Waals surface area contributed by atoms with Crippen LogP contribution in [0.1, 0.15) is 22.4 Å². The number of pyridine rings is 1. The molecule has 9 nitrogen and oxygen atoms in total. The van der Waals surface area contributed by atoms with Gasteiger partial charge in [-0.1, -0.05) is 0 Å². The van der Waals surface area contributed by atoms with Crippen molar-refractivity contribution < 1.29 is 4.79 Å². The number of nitrogens with zero attached hydrogens (tertiary/aromatic N) is 8. The van der Waals surface area contributed by atoms with Gasteiger partial charge in [0, 0.05) is 56.5 Å². The highest BCUT2D eigenvalue weighted by atomic mass is 16.2. The minimum atomic E-state index is 0.146. The van der Waals surface area contributed by atoms with E-state index in [1.54, 1.807) is 15.7 Å². The largest absolute Gasteiger partial charge is 0.359 e. The monoisotopic (exact) mass is 392 g/mol. The van der Waals surface area contributed by atoms with Gasteiger partial charge in [-0.05, 0) is 25.5 Å². The van der Waals surface area contributed by atoms with Gasteiger partial charge in [-0.15, -0.1) is 15.3 Å². The quantitative estimate of drug-likeness (QED) is 0.643. The fourth-order valence-corrected chi connectivity index (χ4v) is 4.11. The summed E-state index contributed by atoms with van der Waals surface area (Å²) in [4.78, 5) is 23.0. The number of aryl methyl sites for hydroxylation is 1. The number of rotatable bonds is 2. The summed E-state index contributed by atoms with van der Waals surface area (Å²) in [7, 11) is 1.85. The van der Waals surface area contributed by atoms with Crippen LogP contribution in [0.2, 0.25) is 0 Å². The summed E-state index contributed by atoms with van der Waals surface area (Å²) in [6.45, 7) is 7.75. The summed E-state index contributed by atoms with van der Waals surface area (Å²) < 4.78 is 1.75. The predicted octanol–water partition coefficient (Wildman–Crippen LogP) is 0.977. The Morgan fingerprint density at radius 3 is 2.72 bits per heavy atom. The smallest absolute Gasteiger partial charge is 0.241 e. The van der Waals surface area contributed by atoms with Gasteiger partial charge in [0.25, 0.3) is 0 Å². The molecule has 0 N–H and O–H groups in total. The predicted molar refractivity (Wildman–Crippen MR) is 109 cm³/mol. The maximum atomic E-state index is 12.1. The number of hydrogen-bond donors (Lipinski definition) is 0. The molecule has 5 heterocycles. The van der Waals surface area contributed by atoms with Gasteiger partial charge in [0.15, 0.2) is 11.5 Å². The Morgan fingerprint density at radius 1 is 1.03 bits per heavy atom. The molecule has 0 unspecified atom stereocenters. The molecule has 0 bridgehead atoms. The molecule has 2 aliphatic rings. The molecule has 5 rings (SSSR count). The van der Waals surface area contributed by atoms with Crippen LogP contribution in [-0.2, 0) is 17.8 Å². The number of fused-ring (bicyclic) bond motifs is 2. The van der Waals surface area contributed by atoms with Crippen LogP contribution in [0.15, 0.2) is 18.6 Å². The molecule has 0 saturated carbocycles. The Hall–Kier alpha value is -3.23. The first-order valence-electron chi connectivity index (χ1n) is 9.90. The number of amides is 1. The Kier molecular flexibility index (Phi) is 4.11. The average Bonchev–Trinajstić information content (AvgIpc) is 3.21. The number of carbonyl (C=O) groups excluding carboxylic acids is 1. The van der Waals surface area contributed by atoms with Gasteiger partial charge in [-0.3, -0.25) is 9.78 Å². The summed E-state index contributed by atoms with van der Waals surface area (Å²) in [6.07, 6.45) is 4.43. The molecule has 1 amide bonds. The van der Waals surface area contributed by atoms with E-state index in [0.717, 1.165) is 66.6 Å². The van der Waals surface area contributed by atoms with Crippen LogP contribution in [0.5, 0.6) is 0 Å². The molecule has 2 aliphatic heterocycles. The summed E-state index contributed by atoms with van der Waals surface area (Å²) in [5.41, 5.74) is 6.37. The second-order valence-electron chi connectivity index (χ2n) is 7.88. The van der Waals surface area contributed by atoms with Crippen LogP contribution in [0.25, 0.3) is 5.65 Å². The molecule has 0 aliphatic carbocycles. The SMILES string of the molecule is Cc1c(N2CCc3ncc(N4CCN(C)C(=O)C4)cc3C2)nn2cnnc2c1C. The van der Waals surface area contributed by atoms with E-state index in [1.165, 1.54) is 5.56 Å². The number of anilines is 2. The molecule has 1 saturated heterocycles. The van der Waals surface area contributed by atoms with Crippen molar-refractivity contribution in [3.05, 3.63) is 41.0 Å². The number of hydrogen-bond acceptors (Lipinski definition) is 7. The lowest BCUT2D eigenvalue weighted by molar-refractivity contribution is -0.129. The highest BCUT2D eigenvalue weighted by Crippen LogP contribution is 2.29. The van der Waals surface area contributed by atoms with Crippen LogP contribution < -0.4 is 9.80 Å². The Balaban J connectivity index is 1.45. The van der Waals surface area contributed by atoms with E-state index in [-0.39, 0.29) is 5.91 Å². The number of piperazine rings is 1. The molecule has 3 aromatic heterocycles. The third-order valence-corrected chi connectivity index (χ3v) is 6.11. The zero-order chi connectivity index (χ0) is 20.1. The van der Waals surface area contributed by atoms with Gasteiger partial charge in [-0.25, -0.2) is 0 Å². The summed E-state index contributed by atoms with van der Waals surface area (Å²) in [6, 6.07) is 2.19. The van der Waals surface area contributed by atoms with Crippen LogP contribution >= 0.6 is 0 Å². The van der Waals surface area contributed by atoms with Crippen molar-refractivity contribution in [3.63, 3.8) is 0 Å². The Bertz CT molecular complexity index is 1110. The molecule has 1 fully saturated rings. The first-order chi connectivity index (χ1) is 14.0. The molecule has 9 heteroatoms. The molecular formula is C20H24N8O.